The van der Waals surface area contributed by atoms with E-state index in [4.69, 9.17) is 4.74 Å². The molecule has 0 aromatic carbocycles. The molecule has 2 atom stereocenters. The first-order valence-electron chi connectivity index (χ1n) is 5.85. The van der Waals surface area contributed by atoms with Crippen molar-refractivity contribution in [3.8, 4) is 0 Å². The summed E-state index contributed by atoms with van der Waals surface area (Å²) in [4.78, 5) is 7.58. The minimum Gasteiger partial charge on any atom is -0.372 e. The number of aryl methyl sites for hydroxylation is 1. The summed E-state index contributed by atoms with van der Waals surface area (Å²) < 4.78 is 7.64. The highest BCUT2D eigenvalue weighted by Crippen LogP contribution is 2.26. The minimum atomic E-state index is 0.260. The van der Waals surface area contributed by atoms with E-state index in [0.29, 0.717) is 0 Å². The molecule has 0 amide bonds. The summed E-state index contributed by atoms with van der Waals surface area (Å²) in [6, 6.07) is 0. The Morgan fingerprint density at radius 3 is 2.71 bits per heavy atom. The fraction of sp³-hybridized carbons (Fsp3) is 0.636. The zero-order valence-electron chi connectivity index (χ0n) is 10.3. The highest BCUT2D eigenvalue weighted by molar-refractivity contribution is 7.20. The van der Waals surface area contributed by atoms with Gasteiger partial charge in [-0.2, -0.15) is 0 Å². The number of ether oxygens (including phenoxy) is 1. The molecule has 0 unspecified atom stereocenters. The third-order valence-corrected chi connectivity index (χ3v) is 3.92. The molecule has 0 radical (unpaired) electrons. The first-order chi connectivity index (χ1) is 8.13. The number of hydrogen-bond donors (Lipinski definition) is 0. The molecule has 0 bridgehead atoms. The molecule has 3 rings (SSSR count). The van der Waals surface area contributed by atoms with Crippen molar-refractivity contribution in [2.24, 2.45) is 0 Å². The van der Waals surface area contributed by atoms with Crippen LogP contribution in [-0.4, -0.2) is 39.9 Å². The van der Waals surface area contributed by atoms with Gasteiger partial charge in [0, 0.05) is 13.1 Å². The molecule has 6 heteroatoms. The second-order valence-corrected chi connectivity index (χ2v) is 5.58. The Kier molecular flexibility index (Phi) is 2.56. The maximum absolute atomic E-state index is 5.73. The van der Waals surface area contributed by atoms with Gasteiger partial charge in [-0.1, -0.05) is 11.3 Å². The molecular formula is C11H16N4OS. The van der Waals surface area contributed by atoms with Crippen LogP contribution in [0.15, 0.2) is 6.20 Å². The maximum Gasteiger partial charge on any atom is 0.214 e. The van der Waals surface area contributed by atoms with Gasteiger partial charge in [-0.25, -0.2) is 9.50 Å². The van der Waals surface area contributed by atoms with Gasteiger partial charge in [0.05, 0.1) is 24.1 Å². The quantitative estimate of drug-likeness (QED) is 0.775. The van der Waals surface area contributed by atoms with Gasteiger partial charge in [0.2, 0.25) is 10.1 Å². The molecule has 1 saturated heterocycles. The van der Waals surface area contributed by atoms with Crippen LogP contribution in [0.1, 0.15) is 19.5 Å². The second kappa shape index (κ2) is 3.96. The topological polar surface area (TPSA) is 42.7 Å². The van der Waals surface area contributed by atoms with Crippen molar-refractivity contribution in [2.75, 3.05) is 18.0 Å². The van der Waals surface area contributed by atoms with Gasteiger partial charge < -0.3 is 9.64 Å². The van der Waals surface area contributed by atoms with Crippen LogP contribution in [-0.2, 0) is 4.74 Å². The van der Waals surface area contributed by atoms with Gasteiger partial charge in [0.25, 0.3) is 0 Å². The molecule has 0 aliphatic carbocycles. The van der Waals surface area contributed by atoms with Gasteiger partial charge in [-0.15, -0.1) is 5.10 Å². The first kappa shape index (κ1) is 11.0. The Labute approximate surface area is 104 Å². The molecule has 1 aliphatic rings. The summed E-state index contributed by atoms with van der Waals surface area (Å²) in [7, 11) is 0. The Morgan fingerprint density at radius 2 is 2.06 bits per heavy atom. The molecule has 0 saturated carbocycles. The van der Waals surface area contributed by atoms with Crippen LogP contribution in [0.5, 0.6) is 0 Å². The number of fused-ring (bicyclic) bond motifs is 1. The van der Waals surface area contributed by atoms with Crippen molar-refractivity contribution in [3.63, 3.8) is 0 Å². The number of aromatic nitrogens is 3. The van der Waals surface area contributed by atoms with Crippen molar-refractivity contribution in [1.29, 1.82) is 0 Å². The summed E-state index contributed by atoms with van der Waals surface area (Å²) in [6.45, 7) is 8.04. The lowest BCUT2D eigenvalue weighted by atomic mass is 10.2. The summed E-state index contributed by atoms with van der Waals surface area (Å²) in [5, 5.41) is 5.65. The van der Waals surface area contributed by atoms with E-state index in [0.717, 1.165) is 28.9 Å². The number of nitrogens with zero attached hydrogens (tertiary/aromatic N) is 4. The van der Waals surface area contributed by atoms with Crippen molar-refractivity contribution in [1.82, 2.24) is 14.6 Å². The highest BCUT2D eigenvalue weighted by Gasteiger charge is 2.25. The molecular weight excluding hydrogens is 236 g/mol. The SMILES string of the molecule is Cc1cnc2sc(N3C[C@@H](C)O[C@@H](C)C3)nn12. The average molecular weight is 252 g/mol. The van der Waals surface area contributed by atoms with Crippen LogP contribution in [0.25, 0.3) is 4.96 Å². The molecule has 0 N–H and O–H groups in total. The lowest BCUT2D eigenvalue weighted by Crippen LogP contribution is -2.45. The Morgan fingerprint density at radius 1 is 1.35 bits per heavy atom. The summed E-state index contributed by atoms with van der Waals surface area (Å²) in [6.07, 6.45) is 2.37. The number of rotatable bonds is 1. The largest absolute Gasteiger partial charge is 0.372 e. The third kappa shape index (κ3) is 1.91. The zero-order chi connectivity index (χ0) is 12.0. The molecule has 5 nitrogen and oxygen atoms in total. The molecule has 2 aromatic heterocycles. The normalized spacial score (nSPS) is 25.7. The third-order valence-electron chi connectivity index (χ3n) is 2.94. The Hall–Kier alpha value is -1.14. The monoisotopic (exact) mass is 252 g/mol. The van der Waals surface area contributed by atoms with E-state index in [1.165, 1.54) is 0 Å². The standard InChI is InChI=1S/C11H16N4OS/c1-7-4-12-10-15(7)13-11(17-10)14-5-8(2)16-9(3)6-14/h4,8-9H,5-6H2,1-3H3/t8-,9+. The van der Waals surface area contributed by atoms with Crippen LogP contribution >= 0.6 is 11.3 Å². The predicted octanol–water partition coefficient (Wildman–Crippen LogP) is 1.71. The lowest BCUT2D eigenvalue weighted by molar-refractivity contribution is -0.00527. The van der Waals surface area contributed by atoms with E-state index in [2.05, 4.69) is 28.8 Å². The molecule has 1 aliphatic heterocycles. The van der Waals surface area contributed by atoms with Crippen LogP contribution < -0.4 is 4.90 Å². The number of hydrogen-bond acceptors (Lipinski definition) is 5. The smallest absolute Gasteiger partial charge is 0.214 e. The van der Waals surface area contributed by atoms with Gasteiger partial charge in [-0.3, -0.25) is 0 Å². The lowest BCUT2D eigenvalue weighted by Gasteiger charge is -2.34. The number of anilines is 1. The van der Waals surface area contributed by atoms with Crippen LogP contribution in [0.4, 0.5) is 5.13 Å². The van der Waals surface area contributed by atoms with E-state index < -0.39 is 0 Å². The van der Waals surface area contributed by atoms with Crippen LogP contribution in [0, 0.1) is 6.92 Å². The summed E-state index contributed by atoms with van der Waals surface area (Å²) in [5.74, 6) is 0. The van der Waals surface area contributed by atoms with Crippen molar-refractivity contribution >= 4 is 21.4 Å². The van der Waals surface area contributed by atoms with Gasteiger partial charge >= 0.3 is 0 Å². The second-order valence-electron chi connectivity index (χ2n) is 4.64. The van der Waals surface area contributed by atoms with Crippen LogP contribution in [0.2, 0.25) is 0 Å². The molecule has 17 heavy (non-hydrogen) atoms. The summed E-state index contributed by atoms with van der Waals surface area (Å²) in [5.41, 5.74) is 1.08. The molecule has 0 spiro atoms. The van der Waals surface area contributed by atoms with E-state index >= 15 is 0 Å². The fourth-order valence-electron chi connectivity index (χ4n) is 2.25. The van der Waals surface area contributed by atoms with Gasteiger partial charge in [0.15, 0.2) is 0 Å². The first-order valence-corrected chi connectivity index (χ1v) is 6.66. The maximum atomic E-state index is 5.73. The van der Waals surface area contributed by atoms with Crippen molar-refractivity contribution in [2.45, 2.75) is 33.0 Å². The van der Waals surface area contributed by atoms with E-state index in [-0.39, 0.29) is 12.2 Å². The van der Waals surface area contributed by atoms with E-state index in [9.17, 15) is 0 Å². The number of imidazole rings is 1. The zero-order valence-corrected chi connectivity index (χ0v) is 11.1. The van der Waals surface area contributed by atoms with Crippen LogP contribution in [0.3, 0.4) is 0 Å². The fourth-order valence-corrected chi connectivity index (χ4v) is 3.19. The molecule has 1 fully saturated rings. The van der Waals surface area contributed by atoms with Gasteiger partial charge in [0.1, 0.15) is 0 Å². The van der Waals surface area contributed by atoms with Crippen molar-refractivity contribution in [3.05, 3.63) is 11.9 Å². The average Bonchev–Trinajstić information content (AvgIpc) is 2.80. The van der Waals surface area contributed by atoms with E-state index in [1.54, 1.807) is 11.3 Å². The number of morpholine rings is 1. The predicted molar refractivity (Wildman–Crippen MR) is 67.8 cm³/mol. The van der Waals surface area contributed by atoms with Gasteiger partial charge in [-0.05, 0) is 20.8 Å². The molecule has 3 heterocycles. The van der Waals surface area contributed by atoms with E-state index in [1.807, 2.05) is 17.6 Å². The molecule has 2 aromatic rings. The molecule has 92 valence electrons. The highest BCUT2D eigenvalue weighted by atomic mass is 32.1. The van der Waals surface area contributed by atoms with Crippen molar-refractivity contribution < 1.29 is 4.74 Å². The Bertz CT molecular complexity index is 525. The summed E-state index contributed by atoms with van der Waals surface area (Å²) >= 11 is 1.64. The Balaban J connectivity index is 1.92. The minimum absolute atomic E-state index is 0.260.